The van der Waals surface area contributed by atoms with E-state index in [1.165, 1.54) is 22.9 Å². The van der Waals surface area contributed by atoms with Crippen LogP contribution in [0, 0.1) is 13.8 Å². The van der Waals surface area contributed by atoms with Crippen LogP contribution in [0.25, 0.3) is 23.0 Å². The summed E-state index contributed by atoms with van der Waals surface area (Å²) in [6.45, 7) is 4.09. The largest absolute Gasteiger partial charge is 0.300 e. The quantitative estimate of drug-likeness (QED) is 0.385. The van der Waals surface area contributed by atoms with Gasteiger partial charge < -0.3 is 5.32 Å². The number of para-hydroxylation sites is 1. The smallest absolute Gasteiger partial charge is 0.264 e. The zero-order valence-corrected chi connectivity index (χ0v) is 19.1. The third kappa shape index (κ3) is 4.66. The minimum absolute atomic E-state index is 0.159. The van der Waals surface area contributed by atoms with Crippen molar-refractivity contribution >= 4 is 34.6 Å². The Labute approximate surface area is 196 Å². The van der Waals surface area contributed by atoms with Gasteiger partial charge in [0.25, 0.3) is 5.91 Å². The number of thioether (sulfide) groups is 1. The van der Waals surface area contributed by atoms with Gasteiger partial charge in [-0.15, -0.1) is 0 Å². The van der Waals surface area contributed by atoms with Gasteiger partial charge in [0, 0.05) is 17.3 Å². The summed E-state index contributed by atoms with van der Waals surface area (Å²) in [5, 5.41) is 8.29. The Morgan fingerprint density at radius 3 is 2.27 bits per heavy atom. The maximum Gasteiger partial charge on any atom is 0.264 e. The molecule has 0 atom stereocenters. The monoisotopic (exact) mass is 450 g/mol. The van der Waals surface area contributed by atoms with Crippen LogP contribution >= 0.6 is 11.8 Å². The first-order valence-electron chi connectivity index (χ1n) is 10.6. The van der Waals surface area contributed by atoms with Gasteiger partial charge in [-0.1, -0.05) is 65.7 Å². The van der Waals surface area contributed by atoms with Crippen molar-refractivity contribution in [3.8, 4) is 16.9 Å². The van der Waals surface area contributed by atoms with Crippen LogP contribution in [-0.4, -0.2) is 20.9 Å². The highest BCUT2D eigenvalue weighted by molar-refractivity contribution is 8.18. The molecular formula is C27H22N4OS. The van der Waals surface area contributed by atoms with E-state index < -0.39 is 0 Å². The first kappa shape index (κ1) is 21.0. The van der Waals surface area contributed by atoms with Gasteiger partial charge in [-0.25, -0.2) is 9.67 Å². The molecule has 1 aromatic heterocycles. The Bertz CT molecular complexity index is 1370. The van der Waals surface area contributed by atoms with Gasteiger partial charge in [0.2, 0.25) is 0 Å². The van der Waals surface area contributed by atoms with Crippen LogP contribution in [-0.2, 0) is 4.79 Å². The Morgan fingerprint density at radius 1 is 0.909 bits per heavy atom. The summed E-state index contributed by atoms with van der Waals surface area (Å²) in [5.41, 5.74) is 6.81. The summed E-state index contributed by atoms with van der Waals surface area (Å²) in [7, 11) is 0. The van der Waals surface area contributed by atoms with Crippen LogP contribution in [0.15, 0.2) is 95.0 Å². The van der Waals surface area contributed by atoms with Gasteiger partial charge in [0.15, 0.2) is 5.17 Å². The van der Waals surface area contributed by atoms with Crippen molar-refractivity contribution in [2.24, 2.45) is 4.99 Å². The van der Waals surface area contributed by atoms with Crippen LogP contribution in [0.4, 0.5) is 5.69 Å². The predicted octanol–water partition coefficient (Wildman–Crippen LogP) is 6.05. The lowest BCUT2D eigenvalue weighted by atomic mass is 10.1. The number of carbonyl (C=O) groups is 1. The molecule has 1 aliphatic rings. The molecule has 0 bridgehead atoms. The fourth-order valence-corrected chi connectivity index (χ4v) is 4.33. The van der Waals surface area contributed by atoms with E-state index >= 15 is 0 Å². The van der Waals surface area contributed by atoms with E-state index in [1.807, 2.05) is 78.5 Å². The molecule has 5 rings (SSSR count). The lowest BCUT2D eigenvalue weighted by molar-refractivity contribution is -0.115. The summed E-state index contributed by atoms with van der Waals surface area (Å²) < 4.78 is 1.85. The second-order valence-electron chi connectivity index (χ2n) is 7.90. The molecule has 2 heterocycles. The van der Waals surface area contributed by atoms with Crippen LogP contribution < -0.4 is 5.32 Å². The topological polar surface area (TPSA) is 59.3 Å². The molecule has 1 fully saturated rings. The molecule has 33 heavy (non-hydrogen) atoms. The highest BCUT2D eigenvalue weighted by Gasteiger charge is 2.25. The molecule has 0 saturated carbocycles. The SMILES string of the molecule is Cc1ccc(N=C2NC(=O)/C(=C/c3cn(-c4ccccc4)nc3-c3ccc(C)cc3)S2)cc1. The average molecular weight is 451 g/mol. The van der Waals surface area contributed by atoms with Crippen LogP contribution in [0.2, 0.25) is 0 Å². The molecule has 3 aromatic carbocycles. The lowest BCUT2D eigenvalue weighted by Crippen LogP contribution is -2.19. The van der Waals surface area contributed by atoms with Crippen molar-refractivity contribution in [1.29, 1.82) is 0 Å². The number of nitrogens with zero attached hydrogens (tertiary/aromatic N) is 3. The van der Waals surface area contributed by atoms with Gasteiger partial charge in [0.05, 0.1) is 22.0 Å². The Balaban J connectivity index is 1.52. The summed E-state index contributed by atoms with van der Waals surface area (Å²) in [6.07, 6.45) is 3.85. The number of amides is 1. The Kier molecular flexibility index (Phi) is 5.67. The molecule has 1 aliphatic heterocycles. The van der Waals surface area contributed by atoms with E-state index in [9.17, 15) is 4.79 Å². The first-order chi connectivity index (χ1) is 16.0. The number of aliphatic imine (C=N–C) groups is 1. The van der Waals surface area contributed by atoms with Crippen molar-refractivity contribution in [3.05, 3.63) is 107 Å². The molecular weight excluding hydrogens is 428 g/mol. The van der Waals surface area contributed by atoms with Crippen molar-refractivity contribution in [2.45, 2.75) is 13.8 Å². The highest BCUT2D eigenvalue weighted by atomic mass is 32.2. The third-order valence-electron chi connectivity index (χ3n) is 5.29. The van der Waals surface area contributed by atoms with Gasteiger partial charge >= 0.3 is 0 Å². The Morgan fingerprint density at radius 2 is 1.58 bits per heavy atom. The molecule has 0 unspecified atom stereocenters. The van der Waals surface area contributed by atoms with Crippen molar-refractivity contribution in [2.75, 3.05) is 0 Å². The van der Waals surface area contributed by atoms with Crippen molar-refractivity contribution < 1.29 is 4.79 Å². The molecule has 162 valence electrons. The van der Waals surface area contributed by atoms with E-state index in [0.29, 0.717) is 10.1 Å². The highest BCUT2D eigenvalue weighted by Crippen LogP contribution is 2.32. The van der Waals surface area contributed by atoms with E-state index in [0.717, 1.165) is 28.2 Å². The molecule has 1 amide bonds. The fourth-order valence-electron chi connectivity index (χ4n) is 3.50. The molecule has 1 saturated heterocycles. The van der Waals surface area contributed by atoms with Crippen molar-refractivity contribution in [3.63, 3.8) is 0 Å². The number of amidine groups is 1. The molecule has 0 spiro atoms. The number of benzene rings is 3. The predicted molar refractivity (Wildman–Crippen MR) is 136 cm³/mol. The van der Waals surface area contributed by atoms with Crippen LogP contribution in [0.1, 0.15) is 16.7 Å². The van der Waals surface area contributed by atoms with E-state index in [2.05, 4.69) is 41.5 Å². The molecule has 4 aromatic rings. The number of rotatable bonds is 4. The second kappa shape index (κ2) is 8.92. The number of carbonyl (C=O) groups excluding carboxylic acids is 1. The summed E-state index contributed by atoms with van der Waals surface area (Å²) in [6, 6.07) is 26.1. The zero-order chi connectivity index (χ0) is 22.8. The van der Waals surface area contributed by atoms with Crippen LogP contribution in [0.3, 0.4) is 0 Å². The van der Waals surface area contributed by atoms with E-state index in [-0.39, 0.29) is 5.91 Å². The maximum absolute atomic E-state index is 12.7. The maximum atomic E-state index is 12.7. The minimum atomic E-state index is -0.159. The van der Waals surface area contributed by atoms with Crippen LogP contribution in [0.5, 0.6) is 0 Å². The average Bonchev–Trinajstić information content (AvgIpc) is 3.40. The summed E-state index contributed by atoms with van der Waals surface area (Å²) in [4.78, 5) is 17.8. The number of hydrogen-bond acceptors (Lipinski definition) is 4. The van der Waals surface area contributed by atoms with Gasteiger partial charge in [-0.05, 0) is 56.0 Å². The lowest BCUT2D eigenvalue weighted by Gasteiger charge is -2.01. The molecule has 5 nitrogen and oxygen atoms in total. The standard InChI is InChI=1S/C27H22N4OS/c1-18-8-12-20(13-9-18)25-21(17-31(30-25)23-6-4-3-5-7-23)16-24-26(32)29-27(33-24)28-22-14-10-19(2)11-15-22/h3-17H,1-2H3,(H,28,29,32)/b24-16-. The van der Waals surface area contributed by atoms with E-state index in [1.54, 1.807) is 0 Å². The molecule has 0 radical (unpaired) electrons. The van der Waals surface area contributed by atoms with Gasteiger partial charge in [-0.2, -0.15) is 5.10 Å². The minimum Gasteiger partial charge on any atom is -0.300 e. The van der Waals surface area contributed by atoms with E-state index in [4.69, 9.17) is 5.10 Å². The molecule has 0 aliphatic carbocycles. The van der Waals surface area contributed by atoms with Crippen molar-refractivity contribution in [1.82, 2.24) is 15.1 Å². The summed E-state index contributed by atoms with van der Waals surface area (Å²) >= 11 is 1.34. The molecule has 6 heteroatoms. The summed E-state index contributed by atoms with van der Waals surface area (Å²) in [5.74, 6) is -0.159. The number of hydrogen-bond donors (Lipinski definition) is 1. The number of nitrogens with one attached hydrogen (secondary N) is 1. The zero-order valence-electron chi connectivity index (χ0n) is 18.3. The fraction of sp³-hybridized carbons (Fsp3) is 0.0741. The number of aryl methyl sites for hydroxylation is 2. The van der Waals surface area contributed by atoms with Gasteiger partial charge in [-0.3, -0.25) is 4.79 Å². The third-order valence-corrected chi connectivity index (χ3v) is 6.20. The molecule has 1 N–H and O–H groups in total. The first-order valence-corrected chi connectivity index (χ1v) is 11.5. The van der Waals surface area contributed by atoms with Gasteiger partial charge in [0.1, 0.15) is 0 Å². The number of aromatic nitrogens is 2. The second-order valence-corrected chi connectivity index (χ2v) is 8.93. The Hall–Kier alpha value is -3.90. The normalized spacial score (nSPS) is 15.9.